The number of hydrogen-bond acceptors (Lipinski definition) is 2. The highest BCUT2D eigenvalue weighted by molar-refractivity contribution is 7.88. The van der Waals surface area contributed by atoms with Crippen molar-refractivity contribution in [3.8, 4) is 0 Å². The van der Waals surface area contributed by atoms with Crippen molar-refractivity contribution in [1.29, 1.82) is 0 Å². The first kappa shape index (κ1) is 14.8. The molecule has 4 nitrogen and oxygen atoms in total. The lowest BCUT2D eigenvalue weighted by molar-refractivity contribution is 0.551. The third-order valence-corrected chi connectivity index (χ3v) is 4.65. The maximum Gasteiger partial charge on any atom is 0.321 e. The monoisotopic (exact) mass is 322 g/mol. The number of halogens is 2. The molecule has 3 rings (SSSR count). The van der Waals surface area contributed by atoms with Crippen LogP contribution in [0.1, 0.15) is 18.1 Å². The van der Waals surface area contributed by atoms with Gasteiger partial charge in [0.15, 0.2) is 0 Å². The van der Waals surface area contributed by atoms with Gasteiger partial charge < -0.3 is 0 Å². The van der Waals surface area contributed by atoms with Crippen molar-refractivity contribution < 1.29 is 17.2 Å². The van der Waals surface area contributed by atoms with E-state index in [0.29, 0.717) is 11.1 Å². The summed E-state index contributed by atoms with van der Waals surface area (Å²) in [7, 11) is -3.87. The van der Waals surface area contributed by atoms with Gasteiger partial charge in [-0.05, 0) is 42.3 Å². The molecule has 0 radical (unpaired) electrons. The summed E-state index contributed by atoms with van der Waals surface area (Å²) in [5.41, 5.74) is 0.101. The van der Waals surface area contributed by atoms with Gasteiger partial charge in [-0.1, -0.05) is 24.3 Å². The van der Waals surface area contributed by atoms with E-state index in [1.807, 2.05) is 0 Å². The zero-order chi connectivity index (χ0) is 16.0. The van der Waals surface area contributed by atoms with Gasteiger partial charge in [-0.25, -0.2) is 8.78 Å². The van der Waals surface area contributed by atoms with Gasteiger partial charge in [0.2, 0.25) is 0 Å². The van der Waals surface area contributed by atoms with Gasteiger partial charge in [0.1, 0.15) is 17.2 Å². The Kier molecular flexibility index (Phi) is 3.34. The smallest absolute Gasteiger partial charge is 0.207 e. The lowest BCUT2D eigenvalue weighted by Gasteiger charge is -2.26. The van der Waals surface area contributed by atoms with Crippen LogP contribution in [0.4, 0.5) is 8.78 Å². The molecule has 2 aromatic rings. The summed E-state index contributed by atoms with van der Waals surface area (Å²) >= 11 is 0. The number of hydrogen-bond donors (Lipinski definition) is 1. The second-order valence-corrected chi connectivity index (χ2v) is 6.49. The Hall–Kier alpha value is -2.12. The van der Waals surface area contributed by atoms with Gasteiger partial charge in [0.05, 0.1) is 5.71 Å². The molecule has 1 N–H and O–H groups in total. The normalized spacial score (nSPS) is 23.3. The molecule has 0 amide bonds. The van der Waals surface area contributed by atoms with Gasteiger partial charge >= 0.3 is 10.2 Å². The molecule has 1 atom stereocenters. The molecule has 1 aliphatic heterocycles. The van der Waals surface area contributed by atoms with Gasteiger partial charge in [-0.2, -0.15) is 17.5 Å². The van der Waals surface area contributed by atoms with Crippen LogP contribution in [0.2, 0.25) is 0 Å². The lowest BCUT2D eigenvalue weighted by Crippen LogP contribution is -2.43. The first-order chi connectivity index (χ1) is 10.3. The second-order valence-electron chi connectivity index (χ2n) is 5.16. The number of nitrogens with one attached hydrogen (secondary N) is 1. The predicted octanol–water partition coefficient (Wildman–Crippen LogP) is 2.52. The standard InChI is InChI=1S/C15H12F2N2O2S/c1-15(11-4-8-13(17)9-5-11)14(18-22(20,21)19-15)10-2-6-12(16)7-3-10/h2-9,19H,1H3. The van der Waals surface area contributed by atoms with Crippen molar-refractivity contribution in [1.82, 2.24) is 4.72 Å². The average molecular weight is 322 g/mol. The van der Waals surface area contributed by atoms with Crippen LogP contribution in [0.5, 0.6) is 0 Å². The molecule has 22 heavy (non-hydrogen) atoms. The minimum absolute atomic E-state index is 0.235. The van der Waals surface area contributed by atoms with E-state index in [-0.39, 0.29) is 5.71 Å². The minimum Gasteiger partial charge on any atom is -0.207 e. The Bertz CT molecular complexity index is 846. The highest BCUT2D eigenvalue weighted by atomic mass is 32.2. The molecule has 0 saturated carbocycles. The summed E-state index contributed by atoms with van der Waals surface area (Å²) in [5, 5.41) is 0. The van der Waals surface area contributed by atoms with Crippen LogP contribution in [-0.4, -0.2) is 14.1 Å². The molecule has 1 heterocycles. The van der Waals surface area contributed by atoms with Crippen molar-refractivity contribution in [3.63, 3.8) is 0 Å². The molecule has 1 unspecified atom stereocenters. The zero-order valence-electron chi connectivity index (χ0n) is 11.5. The van der Waals surface area contributed by atoms with E-state index in [1.165, 1.54) is 48.5 Å². The Balaban J connectivity index is 2.16. The molecule has 0 aliphatic carbocycles. The molecule has 1 aliphatic rings. The third kappa shape index (κ3) is 2.53. The van der Waals surface area contributed by atoms with Crippen LogP contribution in [0.25, 0.3) is 0 Å². The molecule has 7 heteroatoms. The molecular weight excluding hydrogens is 310 g/mol. The van der Waals surface area contributed by atoms with Gasteiger partial charge in [0, 0.05) is 0 Å². The van der Waals surface area contributed by atoms with E-state index < -0.39 is 27.4 Å². The quantitative estimate of drug-likeness (QED) is 0.923. The van der Waals surface area contributed by atoms with Crippen molar-refractivity contribution in [2.75, 3.05) is 0 Å². The summed E-state index contributed by atoms with van der Waals surface area (Å²) < 4.78 is 56.1. The summed E-state index contributed by atoms with van der Waals surface area (Å²) in [4.78, 5) is 0. The molecule has 0 bridgehead atoms. The lowest BCUT2D eigenvalue weighted by atomic mass is 9.84. The maximum absolute atomic E-state index is 13.1. The highest BCUT2D eigenvalue weighted by Gasteiger charge is 2.43. The second kappa shape index (κ2) is 4.96. The Labute approximate surface area is 126 Å². The van der Waals surface area contributed by atoms with E-state index in [1.54, 1.807) is 6.92 Å². The Morgan fingerprint density at radius 1 is 0.955 bits per heavy atom. The fourth-order valence-electron chi connectivity index (χ4n) is 2.47. The number of benzene rings is 2. The first-order valence-corrected chi connectivity index (χ1v) is 7.90. The first-order valence-electron chi connectivity index (χ1n) is 6.46. The van der Waals surface area contributed by atoms with Crippen molar-refractivity contribution in [2.45, 2.75) is 12.5 Å². The molecule has 0 spiro atoms. The van der Waals surface area contributed by atoms with Crippen LogP contribution in [0.15, 0.2) is 52.9 Å². The predicted molar refractivity (Wildman–Crippen MR) is 78.7 cm³/mol. The van der Waals surface area contributed by atoms with Crippen LogP contribution in [0.3, 0.4) is 0 Å². The SMILES string of the molecule is CC1(c2ccc(F)cc2)NS(=O)(=O)N=C1c1ccc(F)cc1. The van der Waals surface area contributed by atoms with Crippen LogP contribution in [0, 0.1) is 11.6 Å². The van der Waals surface area contributed by atoms with E-state index >= 15 is 0 Å². The molecule has 0 fully saturated rings. The van der Waals surface area contributed by atoms with E-state index in [2.05, 4.69) is 9.12 Å². The Morgan fingerprint density at radius 2 is 1.45 bits per heavy atom. The summed E-state index contributed by atoms with van der Waals surface area (Å²) in [5.74, 6) is -0.852. The summed E-state index contributed by atoms with van der Waals surface area (Å²) in [6, 6.07) is 10.8. The topological polar surface area (TPSA) is 58.5 Å². The maximum atomic E-state index is 13.1. The minimum atomic E-state index is -3.87. The summed E-state index contributed by atoms with van der Waals surface area (Å²) in [6.07, 6.45) is 0. The largest absolute Gasteiger partial charge is 0.321 e. The summed E-state index contributed by atoms with van der Waals surface area (Å²) in [6.45, 7) is 1.63. The molecule has 114 valence electrons. The van der Waals surface area contributed by atoms with Crippen LogP contribution >= 0.6 is 0 Å². The van der Waals surface area contributed by atoms with E-state index in [0.717, 1.165) is 0 Å². The molecular formula is C15H12F2N2O2S. The molecule has 0 saturated heterocycles. The van der Waals surface area contributed by atoms with E-state index in [9.17, 15) is 17.2 Å². The Morgan fingerprint density at radius 3 is 2.00 bits per heavy atom. The fraction of sp³-hybridized carbons (Fsp3) is 0.133. The zero-order valence-corrected chi connectivity index (χ0v) is 12.4. The molecule has 2 aromatic carbocycles. The van der Waals surface area contributed by atoms with Gasteiger partial charge in [0.25, 0.3) is 0 Å². The van der Waals surface area contributed by atoms with E-state index in [4.69, 9.17) is 0 Å². The fourth-order valence-corrected chi connectivity index (χ4v) is 3.77. The molecule has 0 aromatic heterocycles. The van der Waals surface area contributed by atoms with Crippen LogP contribution < -0.4 is 4.72 Å². The highest BCUT2D eigenvalue weighted by Crippen LogP contribution is 2.32. The number of nitrogens with zero attached hydrogens (tertiary/aromatic N) is 1. The number of rotatable bonds is 2. The van der Waals surface area contributed by atoms with Crippen LogP contribution in [-0.2, 0) is 15.7 Å². The van der Waals surface area contributed by atoms with Gasteiger partial charge in [-0.3, -0.25) is 0 Å². The van der Waals surface area contributed by atoms with Gasteiger partial charge in [-0.15, -0.1) is 0 Å². The third-order valence-electron chi connectivity index (χ3n) is 3.56. The van der Waals surface area contributed by atoms with Crippen molar-refractivity contribution in [3.05, 3.63) is 71.3 Å². The van der Waals surface area contributed by atoms with Crippen molar-refractivity contribution >= 4 is 15.9 Å². The van der Waals surface area contributed by atoms with Crippen molar-refractivity contribution in [2.24, 2.45) is 4.40 Å². The average Bonchev–Trinajstić information content (AvgIpc) is 2.71.